The minimum atomic E-state index is -0.692. The topological polar surface area (TPSA) is 58.3 Å². The summed E-state index contributed by atoms with van der Waals surface area (Å²) in [6.45, 7) is 2.61. The molecule has 0 spiro atoms. The van der Waals surface area contributed by atoms with E-state index in [0.29, 0.717) is 6.54 Å². The molecule has 0 aliphatic carbocycles. The van der Waals surface area contributed by atoms with Gasteiger partial charge < -0.3 is 15.8 Å². The Balaban J connectivity index is 2.60. The number of nitrogens with one attached hydrogen (secondary N) is 1. The Morgan fingerprint density at radius 3 is 2.78 bits per heavy atom. The molecule has 0 amide bonds. The summed E-state index contributed by atoms with van der Waals surface area (Å²) in [7, 11) is -0.692. The molecule has 0 rings (SSSR count). The van der Waals surface area contributed by atoms with E-state index in [-0.39, 0.29) is 0 Å². The lowest BCUT2D eigenvalue weighted by Gasteiger charge is -1.99. The second-order valence-corrected chi connectivity index (χ2v) is 3.12. The molecular formula is C5H16N2OSi. The fraction of sp³-hybridized carbons (Fsp3) is 1.00. The van der Waals surface area contributed by atoms with Gasteiger partial charge in [0.05, 0.1) is 0 Å². The Bertz CT molecular complexity index is 48.2. The minimum absolute atomic E-state index is 0.692. The summed E-state index contributed by atoms with van der Waals surface area (Å²) in [4.78, 5) is 8.51. The lowest BCUT2D eigenvalue weighted by Crippen LogP contribution is -2.23. The smallest absolute Gasteiger partial charge is 0.156 e. The van der Waals surface area contributed by atoms with Crippen LogP contribution in [0.15, 0.2) is 0 Å². The van der Waals surface area contributed by atoms with E-state index in [1.807, 2.05) is 0 Å². The monoisotopic (exact) mass is 148 g/mol. The van der Waals surface area contributed by atoms with Gasteiger partial charge in [0.15, 0.2) is 9.76 Å². The lowest BCUT2D eigenvalue weighted by atomic mass is 10.5. The SMILES string of the molecule is NCCNCCC[SiH2]O. The third-order valence-corrected chi connectivity index (χ3v) is 1.90. The van der Waals surface area contributed by atoms with Gasteiger partial charge in [-0.25, -0.2) is 0 Å². The van der Waals surface area contributed by atoms with Crippen LogP contribution in [-0.4, -0.2) is 34.2 Å². The molecular weight excluding hydrogens is 132 g/mol. The van der Waals surface area contributed by atoms with Gasteiger partial charge in [-0.05, 0) is 19.0 Å². The number of nitrogens with two attached hydrogens (primary N) is 1. The Labute approximate surface area is 58.6 Å². The summed E-state index contributed by atoms with van der Waals surface area (Å²) in [5.74, 6) is 0. The van der Waals surface area contributed by atoms with Crippen LogP contribution < -0.4 is 11.1 Å². The molecule has 0 aromatic carbocycles. The third-order valence-electron chi connectivity index (χ3n) is 1.08. The van der Waals surface area contributed by atoms with E-state index in [0.717, 1.165) is 25.6 Å². The van der Waals surface area contributed by atoms with Crippen LogP contribution in [0.3, 0.4) is 0 Å². The van der Waals surface area contributed by atoms with Crippen LogP contribution in [0.25, 0.3) is 0 Å². The third kappa shape index (κ3) is 8.10. The average molecular weight is 148 g/mol. The zero-order valence-corrected chi connectivity index (χ0v) is 7.18. The summed E-state index contributed by atoms with van der Waals surface area (Å²) in [6, 6.07) is 1.03. The van der Waals surface area contributed by atoms with Crippen LogP contribution in [0, 0.1) is 0 Å². The average Bonchev–Trinajstić information content (AvgIpc) is 1.89. The van der Waals surface area contributed by atoms with Crippen molar-refractivity contribution in [1.82, 2.24) is 5.32 Å². The van der Waals surface area contributed by atoms with E-state index < -0.39 is 9.76 Å². The van der Waals surface area contributed by atoms with Gasteiger partial charge in [0.25, 0.3) is 0 Å². The fourth-order valence-electron chi connectivity index (χ4n) is 0.589. The highest BCUT2D eigenvalue weighted by Gasteiger charge is 1.85. The minimum Gasteiger partial charge on any atom is -0.438 e. The number of hydrogen-bond donors (Lipinski definition) is 3. The van der Waals surface area contributed by atoms with Gasteiger partial charge in [0, 0.05) is 13.1 Å². The van der Waals surface area contributed by atoms with E-state index in [9.17, 15) is 0 Å². The van der Waals surface area contributed by atoms with Crippen molar-refractivity contribution in [2.24, 2.45) is 5.73 Å². The molecule has 4 N–H and O–H groups in total. The molecule has 9 heavy (non-hydrogen) atoms. The van der Waals surface area contributed by atoms with Crippen molar-refractivity contribution in [2.45, 2.75) is 12.5 Å². The van der Waals surface area contributed by atoms with Crippen LogP contribution in [-0.2, 0) is 0 Å². The van der Waals surface area contributed by atoms with E-state index in [2.05, 4.69) is 5.32 Å². The van der Waals surface area contributed by atoms with Crippen LogP contribution in [0.1, 0.15) is 6.42 Å². The Morgan fingerprint density at radius 1 is 1.44 bits per heavy atom. The Morgan fingerprint density at radius 2 is 2.22 bits per heavy atom. The first-order chi connectivity index (χ1) is 4.41. The van der Waals surface area contributed by atoms with Crippen LogP contribution >= 0.6 is 0 Å². The highest BCUT2D eigenvalue weighted by molar-refractivity contribution is 6.25. The molecule has 0 atom stereocenters. The number of rotatable bonds is 6. The summed E-state index contributed by atoms with van der Waals surface area (Å²) < 4.78 is 0. The van der Waals surface area contributed by atoms with Gasteiger partial charge in [-0.15, -0.1) is 0 Å². The molecule has 0 radical (unpaired) electrons. The maximum Gasteiger partial charge on any atom is 0.156 e. The highest BCUT2D eigenvalue weighted by Crippen LogP contribution is 1.82. The zero-order chi connectivity index (χ0) is 6.95. The first kappa shape index (κ1) is 9.10. The Kier molecular flexibility index (Phi) is 8.18. The molecule has 0 saturated carbocycles. The van der Waals surface area contributed by atoms with Gasteiger partial charge in [-0.2, -0.15) is 0 Å². The second-order valence-electron chi connectivity index (χ2n) is 1.97. The van der Waals surface area contributed by atoms with Crippen molar-refractivity contribution in [3.63, 3.8) is 0 Å². The molecule has 0 unspecified atom stereocenters. The van der Waals surface area contributed by atoms with E-state index in [1.54, 1.807) is 0 Å². The summed E-state index contributed by atoms with van der Waals surface area (Å²) in [5.41, 5.74) is 5.24. The lowest BCUT2D eigenvalue weighted by molar-refractivity contribution is 0.589. The van der Waals surface area contributed by atoms with Gasteiger partial charge >= 0.3 is 0 Å². The van der Waals surface area contributed by atoms with Crippen molar-refractivity contribution >= 4 is 9.76 Å². The van der Waals surface area contributed by atoms with Crippen molar-refractivity contribution in [1.29, 1.82) is 0 Å². The Hall–Kier alpha value is 0.0969. The van der Waals surface area contributed by atoms with Gasteiger partial charge in [-0.1, -0.05) is 0 Å². The van der Waals surface area contributed by atoms with E-state index in [4.69, 9.17) is 10.5 Å². The van der Waals surface area contributed by atoms with Gasteiger partial charge in [-0.3, -0.25) is 0 Å². The van der Waals surface area contributed by atoms with Gasteiger partial charge in [0.1, 0.15) is 0 Å². The quantitative estimate of drug-likeness (QED) is 0.315. The van der Waals surface area contributed by atoms with Crippen molar-refractivity contribution in [3.05, 3.63) is 0 Å². The highest BCUT2D eigenvalue weighted by atomic mass is 28.2. The zero-order valence-electron chi connectivity index (χ0n) is 5.77. The predicted molar refractivity (Wildman–Crippen MR) is 42.1 cm³/mol. The maximum absolute atomic E-state index is 8.51. The van der Waals surface area contributed by atoms with Crippen LogP contribution in [0.5, 0.6) is 0 Å². The first-order valence-electron chi connectivity index (χ1n) is 3.43. The number of hydrogen-bond acceptors (Lipinski definition) is 3. The second kappa shape index (κ2) is 8.10. The molecule has 0 aliphatic rings. The standard InChI is InChI=1S/C5H16N2OSi/c6-2-4-7-3-1-5-9-8/h7-8H,1-6,9H2. The van der Waals surface area contributed by atoms with E-state index in [1.165, 1.54) is 0 Å². The largest absolute Gasteiger partial charge is 0.438 e. The summed E-state index contributed by atoms with van der Waals surface area (Å²) in [6.07, 6.45) is 1.10. The van der Waals surface area contributed by atoms with Gasteiger partial charge in [0.2, 0.25) is 0 Å². The predicted octanol–water partition coefficient (Wildman–Crippen LogP) is -1.58. The van der Waals surface area contributed by atoms with E-state index >= 15 is 0 Å². The van der Waals surface area contributed by atoms with Crippen molar-refractivity contribution in [2.75, 3.05) is 19.6 Å². The molecule has 0 aliphatic heterocycles. The fourth-order valence-corrected chi connectivity index (χ4v) is 1.06. The molecule has 0 fully saturated rings. The first-order valence-corrected chi connectivity index (χ1v) is 5.06. The molecule has 56 valence electrons. The molecule has 0 aromatic rings. The van der Waals surface area contributed by atoms with Crippen LogP contribution in [0.4, 0.5) is 0 Å². The molecule has 4 heteroatoms. The maximum atomic E-state index is 8.51. The molecule has 0 heterocycles. The van der Waals surface area contributed by atoms with Crippen LogP contribution in [0.2, 0.25) is 6.04 Å². The molecule has 3 nitrogen and oxygen atoms in total. The normalized spacial score (nSPS) is 11.3. The molecule has 0 aromatic heterocycles. The molecule has 0 saturated heterocycles. The van der Waals surface area contributed by atoms with Crippen molar-refractivity contribution in [3.8, 4) is 0 Å². The summed E-state index contributed by atoms with van der Waals surface area (Å²) in [5, 5.41) is 3.16. The van der Waals surface area contributed by atoms with Crippen molar-refractivity contribution < 1.29 is 4.80 Å². The molecule has 0 bridgehead atoms. The summed E-state index contributed by atoms with van der Waals surface area (Å²) >= 11 is 0.